The summed E-state index contributed by atoms with van der Waals surface area (Å²) in [5.41, 5.74) is 5.46. The Bertz CT molecular complexity index is 93.3. The molecule has 2 heteroatoms. The van der Waals surface area contributed by atoms with Gasteiger partial charge in [-0.3, -0.25) is 0 Å². The van der Waals surface area contributed by atoms with E-state index in [4.69, 9.17) is 10.5 Å². The van der Waals surface area contributed by atoms with Gasteiger partial charge < -0.3 is 10.5 Å². The van der Waals surface area contributed by atoms with E-state index in [1.807, 2.05) is 0 Å². The highest BCUT2D eigenvalue weighted by atomic mass is 16.5. The standard InChI is InChI=1S/C8H17NO/c1-7-6-8(2-4-9)3-5-10-7/h7-8H,2-6,9H2,1H3/t7-,8-/m0/s1. The Hall–Kier alpha value is -0.0800. The fraction of sp³-hybridized carbons (Fsp3) is 1.00. The quantitative estimate of drug-likeness (QED) is 0.629. The van der Waals surface area contributed by atoms with Crippen LogP contribution in [0.15, 0.2) is 0 Å². The van der Waals surface area contributed by atoms with Crippen molar-refractivity contribution in [3.8, 4) is 0 Å². The minimum Gasteiger partial charge on any atom is -0.378 e. The highest BCUT2D eigenvalue weighted by Crippen LogP contribution is 2.21. The lowest BCUT2D eigenvalue weighted by Crippen LogP contribution is -2.24. The van der Waals surface area contributed by atoms with E-state index in [1.54, 1.807) is 0 Å². The molecule has 0 spiro atoms. The van der Waals surface area contributed by atoms with Crippen molar-refractivity contribution in [1.82, 2.24) is 0 Å². The molecule has 0 aliphatic carbocycles. The molecule has 1 aliphatic rings. The lowest BCUT2D eigenvalue weighted by atomic mass is 9.93. The van der Waals surface area contributed by atoms with Crippen molar-refractivity contribution in [3.63, 3.8) is 0 Å². The highest BCUT2D eigenvalue weighted by Gasteiger charge is 2.17. The predicted molar refractivity (Wildman–Crippen MR) is 41.8 cm³/mol. The average Bonchev–Trinajstić information content (AvgIpc) is 1.88. The van der Waals surface area contributed by atoms with Crippen molar-refractivity contribution in [3.05, 3.63) is 0 Å². The zero-order chi connectivity index (χ0) is 7.40. The Morgan fingerprint density at radius 3 is 3.00 bits per heavy atom. The van der Waals surface area contributed by atoms with Gasteiger partial charge in [0.1, 0.15) is 0 Å². The monoisotopic (exact) mass is 143 g/mol. The molecule has 0 saturated carbocycles. The maximum absolute atomic E-state index is 5.46. The van der Waals surface area contributed by atoms with Gasteiger partial charge in [-0.2, -0.15) is 0 Å². The molecule has 1 aliphatic heterocycles. The van der Waals surface area contributed by atoms with Crippen LogP contribution in [0, 0.1) is 5.92 Å². The van der Waals surface area contributed by atoms with Gasteiger partial charge in [0.15, 0.2) is 0 Å². The van der Waals surface area contributed by atoms with Gasteiger partial charge in [0.2, 0.25) is 0 Å². The summed E-state index contributed by atoms with van der Waals surface area (Å²) in [6, 6.07) is 0. The maximum Gasteiger partial charge on any atom is 0.0549 e. The van der Waals surface area contributed by atoms with E-state index < -0.39 is 0 Å². The van der Waals surface area contributed by atoms with E-state index >= 15 is 0 Å². The molecule has 1 saturated heterocycles. The molecule has 1 fully saturated rings. The van der Waals surface area contributed by atoms with Crippen LogP contribution in [0.3, 0.4) is 0 Å². The molecule has 10 heavy (non-hydrogen) atoms. The number of rotatable bonds is 2. The van der Waals surface area contributed by atoms with E-state index in [0.717, 1.165) is 19.1 Å². The molecule has 0 amide bonds. The Balaban J connectivity index is 2.18. The van der Waals surface area contributed by atoms with Gasteiger partial charge in [0.25, 0.3) is 0 Å². The van der Waals surface area contributed by atoms with Gasteiger partial charge in [0, 0.05) is 6.61 Å². The largest absolute Gasteiger partial charge is 0.378 e. The highest BCUT2D eigenvalue weighted by molar-refractivity contribution is 4.68. The maximum atomic E-state index is 5.46. The number of hydrogen-bond acceptors (Lipinski definition) is 2. The molecule has 0 radical (unpaired) electrons. The van der Waals surface area contributed by atoms with Crippen LogP contribution in [0.5, 0.6) is 0 Å². The average molecular weight is 143 g/mol. The van der Waals surface area contributed by atoms with E-state index in [1.165, 1.54) is 19.3 Å². The van der Waals surface area contributed by atoms with Crippen LogP contribution >= 0.6 is 0 Å². The Morgan fingerprint density at radius 1 is 1.60 bits per heavy atom. The number of ether oxygens (including phenoxy) is 1. The first-order valence-corrected chi connectivity index (χ1v) is 4.14. The van der Waals surface area contributed by atoms with Crippen molar-refractivity contribution in [2.45, 2.75) is 32.3 Å². The van der Waals surface area contributed by atoms with E-state index in [2.05, 4.69) is 6.92 Å². The van der Waals surface area contributed by atoms with Crippen molar-refractivity contribution < 1.29 is 4.74 Å². The fourth-order valence-corrected chi connectivity index (χ4v) is 1.59. The minimum absolute atomic E-state index is 0.463. The van der Waals surface area contributed by atoms with E-state index in [0.29, 0.717) is 6.10 Å². The molecule has 1 rings (SSSR count). The van der Waals surface area contributed by atoms with Gasteiger partial charge in [-0.15, -0.1) is 0 Å². The zero-order valence-electron chi connectivity index (χ0n) is 6.68. The smallest absolute Gasteiger partial charge is 0.0549 e. The normalized spacial score (nSPS) is 34.2. The van der Waals surface area contributed by atoms with Gasteiger partial charge in [-0.25, -0.2) is 0 Å². The van der Waals surface area contributed by atoms with Crippen molar-refractivity contribution in [1.29, 1.82) is 0 Å². The van der Waals surface area contributed by atoms with E-state index in [9.17, 15) is 0 Å². The third-order valence-electron chi connectivity index (χ3n) is 2.17. The molecule has 0 bridgehead atoms. The van der Waals surface area contributed by atoms with Crippen LogP contribution in [-0.4, -0.2) is 19.3 Å². The summed E-state index contributed by atoms with van der Waals surface area (Å²) in [6.45, 7) is 3.91. The summed E-state index contributed by atoms with van der Waals surface area (Å²) in [7, 11) is 0. The molecule has 2 nitrogen and oxygen atoms in total. The van der Waals surface area contributed by atoms with Crippen molar-refractivity contribution in [2.75, 3.05) is 13.2 Å². The number of hydrogen-bond donors (Lipinski definition) is 1. The van der Waals surface area contributed by atoms with Gasteiger partial charge in [-0.1, -0.05) is 0 Å². The Kier molecular flexibility index (Phi) is 3.16. The van der Waals surface area contributed by atoms with Crippen molar-refractivity contribution >= 4 is 0 Å². The second-order valence-corrected chi connectivity index (χ2v) is 3.15. The Morgan fingerprint density at radius 2 is 2.40 bits per heavy atom. The van der Waals surface area contributed by atoms with Gasteiger partial charge in [-0.05, 0) is 38.6 Å². The second-order valence-electron chi connectivity index (χ2n) is 3.15. The Labute approximate surface area is 62.7 Å². The molecule has 1 heterocycles. The van der Waals surface area contributed by atoms with Gasteiger partial charge >= 0.3 is 0 Å². The van der Waals surface area contributed by atoms with E-state index in [-0.39, 0.29) is 0 Å². The number of nitrogens with two attached hydrogens (primary N) is 1. The lowest BCUT2D eigenvalue weighted by Gasteiger charge is -2.26. The summed E-state index contributed by atoms with van der Waals surface area (Å²) >= 11 is 0. The summed E-state index contributed by atoms with van der Waals surface area (Å²) in [5.74, 6) is 0.828. The van der Waals surface area contributed by atoms with Crippen LogP contribution in [0.4, 0.5) is 0 Å². The molecule has 0 aromatic carbocycles. The summed E-state index contributed by atoms with van der Waals surface area (Å²) < 4.78 is 5.41. The first-order chi connectivity index (χ1) is 4.83. The fourth-order valence-electron chi connectivity index (χ4n) is 1.59. The van der Waals surface area contributed by atoms with Gasteiger partial charge in [0.05, 0.1) is 6.10 Å². The zero-order valence-corrected chi connectivity index (χ0v) is 6.68. The molecular weight excluding hydrogens is 126 g/mol. The third-order valence-corrected chi connectivity index (χ3v) is 2.17. The van der Waals surface area contributed by atoms with Crippen LogP contribution in [0.1, 0.15) is 26.2 Å². The first kappa shape index (κ1) is 8.02. The summed E-state index contributed by atoms with van der Waals surface area (Å²) in [4.78, 5) is 0. The minimum atomic E-state index is 0.463. The predicted octanol–water partition coefficient (Wildman–Crippen LogP) is 1.15. The molecule has 2 atom stereocenters. The molecule has 0 unspecified atom stereocenters. The van der Waals surface area contributed by atoms with Crippen molar-refractivity contribution in [2.24, 2.45) is 11.7 Å². The molecule has 0 aromatic heterocycles. The summed E-state index contributed by atoms with van der Waals surface area (Å²) in [6.07, 6.45) is 4.05. The summed E-state index contributed by atoms with van der Waals surface area (Å²) in [5, 5.41) is 0. The van der Waals surface area contributed by atoms with Crippen LogP contribution in [0.25, 0.3) is 0 Å². The van der Waals surface area contributed by atoms with Crippen LogP contribution < -0.4 is 5.73 Å². The molecule has 60 valence electrons. The molecular formula is C8H17NO. The van der Waals surface area contributed by atoms with Crippen LogP contribution in [0.2, 0.25) is 0 Å². The third kappa shape index (κ3) is 2.27. The molecule has 0 aromatic rings. The topological polar surface area (TPSA) is 35.2 Å². The lowest BCUT2D eigenvalue weighted by molar-refractivity contribution is 0.00145. The van der Waals surface area contributed by atoms with Crippen LogP contribution in [-0.2, 0) is 4.74 Å². The first-order valence-electron chi connectivity index (χ1n) is 4.14. The molecule has 2 N–H and O–H groups in total. The SMILES string of the molecule is C[C@H]1C[C@@H](CCN)CCO1. The second kappa shape index (κ2) is 3.94.